The lowest BCUT2D eigenvalue weighted by Gasteiger charge is -2.15. The molecule has 1 heterocycles. The van der Waals surface area contributed by atoms with Crippen molar-refractivity contribution < 1.29 is 14.3 Å². The van der Waals surface area contributed by atoms with Gasteiger partial charge < -0.3 is 14.8 Å². The summed E-state index contributed by atoms with van der Waals surface area (Å²) in [5.41, 5.74) is 2.16. The lowest BCUT2D eigenvalue weighted by molar-refractivity contribution is -0.115. The molecule has 0 radical (unpaired) electrons. The Bertz CT molecular complexity index is 911. The van der Waals surface area contributed by atoms with Gasteiger partial charge in [-0.15, -0.1) is 0 Å². The first-order chi connectivity index (χ1) is 14.1. The second kappa shape index (κ2) is 10.5. The van der Waals surface area contributed by atoms with Crippen molar-refractivity contribution in [3.8, 4) is 11.5 Å². The molecular formula is C23H25NO3S2. The molecule has 1 N–H and O–H groups in total. The summed E-state index contributed by atoms with van der Waals surface area (Å²) < 4.78 is 12.3. The fourth-order valence-corrected chi connectivity index (χ4v) is 3.98. The van der Waals surface area contributed by atoms with Crippen molar-refractivity contribution >= 4 is 40.3 Å². The Labute approximate surface area is 181 Å². The van der Waals surface area contributed by atoms with E-state index in [1.54, 1.807) is 0 Å². The summed E-state index contributed by atoms with van der Waals surface area (Å²) >= 11 is 6.29. The Morgan fingerprint density at radius 1 is 1.14 bits per heavy atom. The number of ether oxygens (including phenoxy) is 2. The summed E-state index contributed by atoms with van der Waals surface area (Å²) in [5.74, 6) is 2.06. The minimum Gasteiger partial charge on any atom is -0.493 e. The molecule has 1 aliphatic rings. The van der Waals surface area contributed by atoms with Crippen LogP contribution in [-0.2, 0) is 4.79 Å². The highest BCUT2D eigenvalue weighted by molar-refractivity contribution is 8.26. The third kappa shape index (κ3) is 6.08. The van der Waals surface area contributed by atoms with E-state index in [1.807, 2.05) is 42.5 Å². The van der Waals surface area contributed by atoms with Gasteiger partial charge in [-0.2, -0.15) is 0 Å². The van der Waals surface area contributed by atoms with Gasteiger partial charge in [0.2, 0.25) is 0 Å². The third-order valence-corrected chi connectivity index (χ3v) is 5.84. The molecule has 29 heavy (non-hydrogen) atoms. The number of rotatable bonds is 9. The van der Waals surface area contributed by atoms with Crippen LogP contribution in [-0.4, -0.2) is 23.4 Å². The number of carbonyl (C=O) groups excluding carboxylic acids is 1. The molecule has 0 bridgehead atoms. The van der Waals surface area contributed by atoms with Crippen LogP contribution < -0.4 is 14.8 Å². The SMILES string of the molecule is CC[C@H](C)c1ccccc1OCCCOc1cccc(/C=C2\SC(=S)NC2=O)c1. The molecule has 1 atom stereocenters. The lowest BCUT2D eigenvalue weighted by Crippen LogP contribution is -2.17. The monoisotopic (exact) mass is 427 g/mol. The van der Waals surface area contributed by atoms with Gasteiger partial charge in [-0.05, 0) is 47.7 Å². The van der Waals surface area contributed by atoms with Gasteiger partial charge >= 0.3 is 0 Å². The number of thioether (sulfide) groups is 1. The molecule has 0 unspecified atom stereocenters. The Kier molecular flexibility index (Phi) is 7.72. The number of benzene rings is 2. The van der Waals surface area contributed by atoms with Gasteiger partial charge in [0.15, 0.2) is 0 Å². The quantitative estimate of drug-likeness (QED) is 0.324. The zero-order chi connectivity index (χ0) is 20.6. The molecule has 0 spiro atoms. The highest BCUT2D eigenvalue weighted by atomic mass is 32.2. The van der Waals surface area contributed by atoms with Crippen LogP contribution in [0.15, 0.2) is 53.4 Å². The number of thiocarbonyl (C=S) groups is 1. The molecule has 2 aromatic carbocycles. The Balaban J connectivity index is 1.49. The predicted octanol–water partition coefficient (Wildman–Crippen LogP) is 5.54. The van der Waals surface area contributed by atoms with Crippen LogP contribution in [0.1, 0.15) is 43.7 Å². The lowest BCUT2D eigenvalue weighted by atomic mass is 9.98. The fraction of sp³-hybridized carbons (Fsp3) is 0.304. The molecule has 1 saturated heterocycles. The van der Waals surface area contributed by atoms with E-state index in [4.69, 9.17) is 21.7 Å². The number of hydrogen-bond acceptors (Lipinski definition) is 5. The second-order valence-corrected chi connectivity index (χ2v) is 8.54. The molecule has 1 aliphatic heterocycles. The summed E-state index contributed by atoms with van der Waals surface area (Å²) in [7, 11) is 0. The molecule has 0 saturated carbocycles. The number of nitrogens with one attached hydrogen (secondary N) is 1. The van der Waals surface area contributed by atoms with Gasteiger partial charge in [0.05, 0.1) is 18.1 Å². The van der Waals surface area contributed by atoms with E-state index in [9.17, 15) is 4.79 Å². The van der Waals surface area contributed by atoms with Crippen LogP contribution in [0.4, 0.5) is 0 Å². The van der Waals surface area contributed by atoms with Crippen LogP contribution in [0.2, 0.25) is 0 Å². The van der Waals surface area contributed by atoms with Gasteiger partial charge in [-0.25, -0.2) is 0 Å². The minimum absolute atomic E-state index is 0.152. The molecule has 4 nitrogen and oxygen atoms in total. The zero-order valence-corrected chi connectivity index (χ0v) is 18.3. The first kappa shape index (κ1) is 21.4. The minimum atomic E-state index is -0.152. The van der Waals surface area contributed by atoms with Crippen molar-refractivity contribution in [3.63, 3.8) is 0 Å². The predicted molar refractivity (Wildman–Crippen MR) is 124 cm³/mol. The van der Waals surface area contributed by atoms with E-state index in [2.05, 4.69) is 31.3 Å². The molecule has 152 valence electrons. The first-order valence-electron chi connectivity index (χ1n) is 9.76. The van der Waals surface area contributed by atoms with E-state index in [0.29, 0.717) is 28.4 Å². The van der Waals surface area contributed by atoms with Crippen molar-refractivity contribution in [2.75, 3.05) is 13.2 Å². The zero-order valence-electron chi connectivity index (χ0n) is 16.6. The van der Waals surface area contributed by atoms with Gasteiger partial charge in [0.1, 0.15) is 15.8 Å². The van der Waals surface area contributed by atoms with Crippen LogP contribution in [0.3, 0.4) is 0 Å². The van der Waals surface area contributed by atoms with Crippen molar-refractivity contribution in [3.05, 3.63) is 64.6 Å². The maximum absolute atomic E-state index is 11.8. The second-order valence-electron chi connectivity index (χ2n) is 6.82. The molecule has 6 heteroatoms. The topological polar surface area (TPSA) is 47.6 Å². The summed E-state index contributed by atoms with van der Waals surface area (Å²) in [5, 5.41) is 2.62. The smallest absolute Gasteiger partial charge is 0.263 e. The summed E-state index contributed by atoms with van der Waals surface area (Å²) in [6.07, 6.45) is 3.69. The number of amides is 1. The van der Waals surface area contributed by atoms with E-state index < -0.39 is 0 Å². The van der Waals surface area contributed by atoms with Gasteiger partial charge in [0, 0.05) is 6.42 Å². The average molecular weight is 428 g/mol. The largest absolute Gasteiger partial charge is 0.493 e. The Hall–Kier alpha value is -2.31. The summed E-state index contributed by atoms with van der Waals surface area (Å²) in [4.78, 5) is 12.4. The fourth-order valence-electron chi connectivity index (χ4n) is 2.94. The molecule has 0 aliphatic carbocycles. The summed E-state index contributed by atoms with van der Waals surface area (Å²) in [6, 6.07) is 15.9. The van der Waals surface area contributed by atoms with Gasteiger partial charge in [-0.1, -0.05) is 68.2 Å². The van der Waals surface area contributed by atoms with Crippen LogP contribution in [0.5, 0.6) is 11.5 Å². The molecule has 3 rings (SSSR count). The highest BCUT2D eigenvalue weighted by Crippen LogP contribution is 2.29. The normalized spacial score (nSPS) is 16.0. The van der Waals surface area contributed by atoms with E-state index in [-0.39, 0.29) is 5.91 Å². The summed E-state index contributed by atoms with van der Waals surface area (Å²) in [6.45, 7) is 5.57. The van der Waals surface area contributed by atoms with Crippen molar-refractivity contribution in [2.45, 2.75) is 32.6 Å². The molecular weight excluding hydrogens is 402 g/mol. The number of hydrogen-bond donors (Lipinski definition) is 1. The van der Waals surface area contributed by atoms with Crippen LogP contribution >= 0.6 is 24.0 Å². The Morgan fingerprint density at radius 3 is 2.69 bits per heavy atom. The van der Waals surface area contributed by atoms with E-state index >= 15 is 0 Å². The Morgan fingerprint density at radius 2 is 1.93 bits per heavy atom. The van der Waals surface area contributed by atoms with E-state index in [1.165, 1.54) is 17.3 Å². The van der Waals surface area contributed by atoms with Crippen LogP contribution in [0.25, 0.3) is 6.08 Å². The van der Waals surface area contributed by atoms with Crippen LogP contribution in [0, 0.1) is 0 Å². The molecule has 0 aromatic heterocycles. The molecule has 1 amide bonds. The first-order valence-corrected chi connectivity index (χ1v) is 11.0. The van der Waals surface area contributed by atoms with Crippen molar-refractivity contribution in [1.82, 2.24) is 5.32 Å². The average Bonchev–Trinajstić information content (AvgIpc) is 3.04. The molecule has 2 aromatic rings. The maximum atomic E-state index is 11.8. The number of para-hydroxylation sites is 1. The van der Waals surface area contributed by atoms with Crippen molar-refractivity contribution in [1.29, 1.82) is 0 Å². The molecule has 1 fully saturated rings. The number of carbonyl (C=O) groups is 1. The van der Waals surface area contributed by atoms with Crippen molar-refractivity contribution in [2.24, 2.45) is 0 Å². The van der Waals surface area contributed by atoms with Gasteiger partial charge in [-0.3, -0.25) is 4.79 Å². The highest BCUT2D eigenvalue weighted by Gasteiger charge is 2.21. The van der Waals surface area contributed by atoms with Gasteiger partial charge in [0.25, 0.3) is 5.91 Å². The van der Waals surface area contributed by atoms with E-state index in [0.717, 1.165) is 29.9 Å². The maximum Gasteiger partial charge on any atom is 0.263 e. The third-order valence-electron chi connectivity index (χ3n) is 4.68. The standard InChI is InChI=1S/C23H25NO3S2/c1-3-16(2)19-10-4-5-11-20(19)27-13-7-12-26-18-9-6-8-17(14-18)15-21-22(25)24-23(28)29-21/h4-6,8-11,14-16H,3,7,12-13H2,1-2H3,(H,24,25,28)/b21-15-/t16-/m0/s1.